The molecule has 0 aliphatic carbocycles. The van der Waals surface area contributed by atoms with Crippen molar-refractivity contribution < 1.29 is 19.1 Å². The molecule has 4 rings (SSSR count). The third-order valence-corrected chi connectivity index (χ3v) is 6.08. The van der Waals surface area contributed by atoms with Crippen molar-refractivity contribution in [1.29, 1.82) is 0 Å². The highest BCUT2D eigenvalue weighted by Crippen LogP contribution is 2.32. The van der Waals surface area contributed by atoms with E-state index in [0.717, 1.165) is 4.88 Å². The number of ether oxygens (including phenoxy) is 2. The Kier molecular flexibility index (Phi) is 6.60. The molecule has 2 heterocycles. The molecule has 1 amide bonds. The molecule has 2 aromatic heterocycles. The predicted octanol–water partition coefficient (Wildman–Crippen LogP) is 6.07. The van der Waals surface area contributed by atoms with Crippen molar-refractivity contribution in [2.24, 2.45) is 0 Å². The number of pyridine rings is 1. The maximum absolute atomic E-state index is 12.9. The van der Waals surface area contributed by atoms with Crippen molar-refractivity contribution >= 4 is 63.0 Å². The van der Waals surface area contributed by atoms with Crippen molar-refractivity contribution in [2.45, 2.75) is 0 Å². The van der Waals surface area contributed by atoms with Crippen LogP contribution >= 0.6 is 34.5 Å². The van der Waals surface area contributed by atoms with Crippen LogP contribution in [0.4, 0.5) is 5.69 Å². The number of carbonyl (C=O) groups excluding carboxylic acids is 2. The van der Waals surface area contributed by atoms with Crippen LogP contribution in [0.2, 0.25) is 9.36 Å². The standard InChI is InChI=1S/C23H16Cl2N2O4S/c1-30-19-7-6-13(10-16(19)24)26-22(28)12-31-23(29)15-11-18(20-8-9-21(25)32-20)27-17-5-3-2-4-14(15)17/h2-11H,12H2,1H3,(H,26,28). The summed E-state index contributed by atoms with van der Waals surface area (Å²) in [6.07, 6.45) is 0. The molecule has 32 heavy (non-hydrogen) atoms. The van der Waals surface area contributed by atoms with Gasteiger partial charge in [0.2, 0.25) is 0 Å². The zero-order valence-electron chi connectivity index (χ0n) is 16.7. The number of nitrogens with one attached hydrogen (secondary N) is 1. The molecule has 9 heteroatoms. The molecule has 6 nitrogen and oxygen atoms in total. The van der Waals surface area contributed by atoms with Gasteiger partial charge in [0, 0.05) is 11.1 Å². The number of rotatable bonds is 6. The largest absolute Gasteiger partial charge is 0.495 e. The zero-order valence-corrected chi connectivity index (χ0v) is 19.1. The fourth-order valence-electron chi connectivity index (χ4n) is 3.07. The second-order valence-corrected chi connectivity index (χ2v) is 8.77. The molecule has 0 unspecified atom stereocenters. The highest BCUT2D eigenvalue weighted by molar-refractivity contribution is 7.19. The van der Waals surface area contributed by atoms with Crippen LogP contribution in [0.1, 0.15) is 10.4 Å². The number of nitrogens with zero attached hydrogens (tertiary/aromatic N) is 1. The van der Waals surface area contributed by atoms with E-state index in [0.29, 0.717) is 43.0 Å². The molecule has 4 aromatic rings. The monoisotopic (exact) mass is 486 g/mol. The lowest BCUT2D eigenvalue weighted by Gasteiger charge is -2.10. The minimum Gasteiger partial charge on any atom is -0.495 e. The Morgan fingerprint density at radius 1 is 1.06 bits per heavy atom. The molecule has 2 aromatic carbocycles. The van der Waals surface area contributed by atoms with E-state index in [9.17, 15) is 9.59 Å². The number of thiophene rings is 1. The molecule has 0 aliphatic rings. The number of halogens is 2. The summed E-state index contributed by atoms with van der Waals surface area (Å²) < 4.78 is 11.0. The summed E-state index contributed by atoms with van der Waals surface area (Å²) in [4.78, 5) is 30.6. The van der Waals surface area contributed by atoms with Gasteiger partial charge in [0.15, 0.2) is 6.61 Å². The first-order valence-electron chi connectivity index (χ1n) is 9.40. The third kappa shape index (κ3) is 4.85. The molecular formula is C23H16Cl2N2O4S. The van der Waals surface area contributed by atoms with Crippen LogP contribution in [0.25, 0.3) is 21.5 Å². The number of hydrogen-bond donors (Lipinski definition) is 1. The highest BCUT2D eigenvalue weighted by atomic mass is 35.5. The zero-order chi connectivity index (χ0) is 22.7. The predicted molar refractivity (Wildman–Crippen MR) is 127 cm³/mol. The van der Waals surface area contributed by atoms with Crippen LogP contribution in [0, 0.1) is 0 Å². The number of amides is 1. The van der Waals surface area contributed by atoms with E-state index >= 15 is 0 Å². The van der Waals surface area contributed by atoms with Gasteiger partial charge in [-0.05, 0) is 42.5 Å². The number of esters is 1. The van der Waals surface area contributed by atoms with Gasteiger partial charge in [-0.2, -0.15) is 0 Å². The summed E-state index contributed by atoms with van der Waals surface area (Å²) in [5.74, 6) is -0.637. The Morgan fingerprint density at radius 2 is 1.88 bits per heavy atom. The molecule has 0 fully saturated rings. The lowest BCUT2D eigenvalue weighted by molar-refractivity contribution is -0.119. The Bertz CT molecular complexity index is 1320. The van der Waals surface area contributed by atoms with Crippen molar-refractivity contribution in [3.05, 3.63) is 75.6 Å². The van der Waals surface area contributed by atoms with Crippen LogP contribution in [-0.4, -0.2) is 30.6 Å². The molecule has 1 N–H and O–H groups in total. The lowest BCUT2D eigenvalue weighted by Crippen LogP contribution is -2.21. The summed E-state index contributed by atoms with van der Waals surface area (Å²) in [5, 5.41) is 3.62. The van der Waals surface area contributed by atoms with Gasteiger partial charge in [0.25, 0.3) is 5.91 Å². The number of benzene rings is 2. The van der Waals surface area contributed by atoms with E-state index in [1.165, 1.54) is 18.4 Å². The van der Waals surface area contributed by atoms with Gasteiger partial charge in [-0.3, -0.25) is 4.79 Å². The van der Waals surface area contributed by atoms with E-state index in [1.54, 1.807) is 36.4 Å². The van der Waals surface area contributed by atoms with Crippen molar-refractivity contribution in [3.63, 3.8) is 0 Å². The molecular weight excluding hydrogens is 471 g/mol. The second-order valence-electron chi connectivity index (χ2n) is 6.65. The maximum atomic E-state index is 12.9. The highest BCUT2D eigenvalue weighted by Gasteiger charge is 2.17. The summed E-state index contributed by atoms with van der Waals surface area (Å²) in [6.45, 7) is -0.459. The van der Waals surface area contributed by atoms with Crippen LogP contribution in [0.3, 0.4) is 0 Å². The molecule has 0 saturated carbocycles. The average Bonchev–Trinajstić information content (AvgIpc) is 3.23. The normalized spacial score (nSPS) is 10.7. The van der Waals surface area contributed by atoms with Gasteiger partial charge in [0.1, 0.15) is 5.75 Å². The van der Waals surface area contributed by atoms with Gasteiger partial charge in [0.05, 0.1) is 38.1 Å². The van der Waals surface area contributed by atoms with Crippen molar-refractivity contribution in [1.82, 2.24) is 4.98 Å². The van der Waals surface area contributed by atoms with E-state index in [-0.39, 0.29) is 0 Å². The summed E-state index contributed by atoms with van der Waals surface area (Å²) in [7, 11) is 1.50. The molecule has 0 aliphatic heterocycles. The lowest BCUT2D eigenvalue weighted by atomic mass is 10.1. The third-order valence-electron chi connectivity index (χ3n) is 4.53. The number of anilines is 1. The minimum absolute atomic E-state index is 0.315. The number of methoxy groups -OCH3 is 1. The SMILES string of the molecule is COc1ccc(NC(=O)COC(=O)c2cc(-c3ccc(Cl)s3)nc3ccccc23)cc1Cl. The van der Waals surface area contributed by atoms with Gasteiger partial charge < -0.3 is 14.8 Å². The molecule has 0 spiro atoms. The Morgan fingerprint density at radius 3 is 2.59 bits per heavy atom. The Balaban J connectivity index is 1.52. The van der Waals surface area contributed by atoms with Gasteiger partial charge in [-0.1, -0.05) is 41.4 Å². The first kappa shape index (κ1) is 22.1. The van der Waals surface area contributed by atoms with E-state index in [4.69, 9.17) is 32.7 Å². The number of fused-ring (bicyclic) bond motifs is 1. The smallest absolute Gasteiger partial charge is 0.339 e. The average molecular weight is 487 g/mol. The first-order chi connectivity index (χ1) is 15.4. The van der Waals surface area contributed by atoms with Crippen LogP contribution in [0.15, 0.2) is 60.7 Å². The van der Waals surface area contributed by atoms with Crippen molar-refractivity contribution in [2.75, 3.05) is 19.0 Å². The summed E-state index contributed by atoms with van der Waals surface area (Å²) >= 11 is 13.5. The summed E-state index contributed by atoms with van der Waals surface area (Å²) in [5.41, 5.74) is 2.02. The van der Waals surface area contributed by atoms with Crippen LogP contribution in [0.5, 0.6) is 5.75 Å². The Labute approximate surface area is 197 Å². The van der Waals surface area contributed by atoms with E-state index < -0.39 is 18.5 Å². The van der Waals surface area contributed by atoms with Crippen LogP contribution in [-0.2, 0) is 9.53 Å². The fraction of sp³-hybridized carbons (Fsp3) is 0.0870. The number of para-hydroxylation sites is 1. The van der Waals surface area contributed by atoms with Gasteiger partial charge in [-0.15, -0.1) is 11.3 Å². The van der Waals surface area contributed by atoms with Gasteiger partial charge in [-0.25, -0.2) is 9.78 Å². The molecule has 0 atom stereocenters. The topological polar surface area (TPSA) is 77.5 Å². The minimum atomic E-state index is -0.629. The number of carbonyl (C=O) groups is 2. The fourth-order valence-corrected chi connectivity index (χ4v) is 4.33. The Hall–Kier alpha value is -3.13. The number of aromatic nitrogens is 1. The molecule has 0 bridgehead atoms. The van der Waals surface area contributed by atoms with E-state index in [1.807, 2.05) is 24.3 Å². The first-order valence-corrected chi connectivity index (χ1v) is 11.0. The molecule has 0 saturated heterocycles. The quantitative estimate of drug-likeness (QED) is 0.334. The second kappa shape index (κ2) is 9.56. The summed E-state index contributed by atoms with van der Waals surface area (Å²) in [6, 6.07) is 17.3. The maximum Gasteiger partial charge on any atom is 0.339 e. The van der Waals surface area contributed by atoms with Crippen molar-refractivity contribution in [3.8, 4) is 16.3 Å². The van der Waals surface area contributed by atoms with Crippen LogP contribution < -0.4 is 10.1 Å². The molecule has 162 valence electrons. The van der Waals surface area contributed by atoms with E-state index in [2.05, 4.69) is 10.3 Å². The number of hydrogen-bond acceptors (Lipinski definition) is 6. The van der Waals surface area contributed by atoms with Gasteiger partial charge >= 0.3 is 5.97 Å². The molecule has 0 radical (unpaired) electrons.